The molecular formula is C19H27N3OS. The number of phenolic OH excluding ortho intramolecular Hbond substituents is 1. The van der Waals surface area contributed by atoms with Gasteiger partial charge < -0.3 is 15.7 Å². The van der Waals surface area contributed by atoms with E-state index < -0.39 is 0 Å². The van der Waals surface area contributed by atoms with Crippen LogP contribution in [-0.4, -0.2) is 31.2 Å². The van der Waals surface area contributed by atoms with Gasteiger partial charge in [0.2, 0.25) is 0 Å². The zero-order chi connectivity index (χ0) is 17.4. The van der Waals surface area contributed by atoms with Gasteiger partial charge in [-0.25, -0.2) is 0 Å². The van der Waals surface area contributed by atoms with Crippen LogP contribution in [0, 0.1) is 0 Å². The van der Waals surface area contributed by atoms with Crippen LogP contribution in [0.4, 0.5) is 0 Å². The van der Waals surface area contributed by atoms with Crippen LogP contribution in [0.1, 0.15) is 30.7 Å². The molecule has 0 aliphatic heterocycles. The highest BCUT2D eigenvalue weighted by Gasteiger charge is 2.21. The molecule has 0 saturated heterocycles. The maximum absolute atomic E-state index is 9.29. The van der Waals surface area contributed by atoms with E-state index >= 15 is 0 Å². The van der Waals surface area contributed by atoms with Crippen LogP contribution in [0.2, 0.25) is 0 Å². The number of hydrogen-bond acceptors (Lipinski definition) is 3. The van der Waals surface area contributed by atoms with Gasteiger partial charge in [-0.15, -0.1) is 11.3 Å². The molecule has 24 heavy (non-hydrogen) atoms. The summed E-state index contributed by atoms with van der Waals surface area (Å²) in [5.41, 5.74) is 1.31. The quantitative estimate of drug-likeness (QED) is 0.409. The summed E-state index contributed by atoms with van der Waals surface area (Å²) in [5.74, 6) is 1.15. The molecule has 0 amide bonds. The minimum atomic E-state index is 0.0812. The van der Waals surface area contributed by atoms with Crippen molar-refractivity contribution in [3.8, 4) is 5.75 Å². The molecule has 130 valence electrons. The second kappa shape index (κ2) is 8.73. The maximum atomic E-state index is 9.29. The van der Waals surface area contributed by atoms with Gasteiger partial charge in [-0.05, 0) is 42.0 Å². The molecule has 2 aromatic rings. The van der Waals surface area contributed by atoms with Crippen LogP contribution in [-0.2, 0) is 11.8 Å². The van der Waals surface area contributed by atoms with Gasteiger partial charge >= 0.3 is 0 Å². The minimum absolute atomic E-state index is 0.0812. The Kier molecular flexibility index (Phi) is 6.67. The number of benzene rings is 1. The van der Waals surface area contributed by atoms with E-state index in [0.29, 0.717) is 5.75 Å². The zero-order valence-electron chi connectivity index (χ0n) is 14.7. The molecule has 1 aromatic carbocycles. The molecule has 5 heteroatoms. The van der Waals surface area contributed by atoms with E-state index in [1.54, 1.807) is 30.5 Å². The zero-order valence-corrected chi connectivity index (χ0v) is 15.5. The normalized spacial score (nSPS) is 12.2. The number of hydrogen-bond donors (Lipinski definition) is 3. The number of nitrogens with one attached hydrogen (secondary N) is 2. The standard InChI is InChI=1S/C19H27N3OS/c1-19(2,17-7-5-13-24-17)14-22-18(20-3)21-12-4-6-15-8-10-16(23)11-9-15/h5,7-11,13,23H,4,6,12,14H2,1-3H3,(H2,20,21,22). The van der Waals surface area contributed by atoms with Crippen molar-refractivity contribution in [3.05, 3.63) is 52.2 Å². The van der Waals surface area contributed by atoms with E-state index in [-0.39, 0.29) is 5.41 Å². The number of rotatable bonds is 7. The molecule has 4 nitrogen and oxygen atoms in total. The highest BCUT2D eigenvalue weighted by molar-refractivity contribution is 7.10. The van der Waals surface area contributed by atoms with E-state index in [4.69, 9.17) is 0 Å². The molecule has 0 radical (unpaired) electrons. The molecule has 0 spiro atoms. The van der Waals surface area contributed by atoms with Crippen molar-refractivity contribution < 1.29 is 5.11 Å². The molecule has 0 aliphatic carbocycles. The Bertz CT molecular complexity index is 633. The fourth-order valence-corrected chi connectivity index (χ4v) is 3.29. The average Bonchev–Trinajstić information content (AvgIpc) is 3.11. The van der Waals surface area contributed by atoms with Crippen molar-refractivity contribution in [2.24, 2.45) is 4.99 Å². The maximum Gasteiger partial charge on any atom is 0.191 e. The first kappa shape index (κ1) is 18.3. The Morgan fingerprint density at radius 2 is 1.92 bits per heavy atom. The highest BCUT2D eigenvalue weighted by atomic mass is 32.1. The van der Waals surface area contributed by atoms with Crippen molar-refractivity contribution in [1.29, 1.82) is 0 Å². The van der Waals surface area contributed by atoms with Gasteiger partial charge in [-0.1, -0.05) is 32.0 Å². The topological polar surface area (TPSA) is 56.7 Å². The van der Waals surface area contributed by atoms with E-state index in [9.17, 15) is 5.11 Å². The van der Waals surface area contributed by atoms with Crippen molar-refractivity contribution in [3.63, 3.8) is 0 Å². The van der Waals surface area contributed by atoms with Crippen LogP contribution in [0.25, 0.3) is 0 Å². The number of thiophene rings is 1. The summed E-state index contributed by atoms with van der Waals surface area (Å²) < 4.78 is 0. The molecule has 0 bridgehead atoms. The summed E-state index contributed by atoms with van der Waals surface area (Å²) in [6.45, 7) is 6.18. The van der Waals surface area contributed by atoms with Gasteiger partial charge in [0.1, 0.15) is 5.75 Å². The van der Waals surface area contributed by atoms with E-state index in [0.717, 1.165) is 31.9 Å². The monoisotopic (exact) mass is 345 g/mol. The predicted molar refractivity (Wildman–Crippen MR) is 103 cm³/mol. The Hall–Kier alpha value is -2.01. The van der Waals surface area contributed by atoms with Crippen LogP contribution in [0.5, 0.6) is 5.75 Å². The van der Waals surface area contributed by atoms with Gasteiger partial charge in [-0.3, -0.25) is 4.99 Å². The predicted octanol–water partition coefficient (Wildman–Crippen LogP) is 3.53. The first-order chi connectivity index (χ1) is 11.5. The third-order valence-corrected chi connectivity index (χ3v) is 5.22. The number of phenols is 1. The SMILES string of the molecule is CN=C(NCCCc1ccc(O)cc1)NCC(C)(C)c1cccs1. The summed E-state index contributed by atoms with van der Waals surface area (Å²) in [7, 11) is 1.80. The largest absolute Gasteiger partial charge is 0.508 e. The number of guanidine groups is 1. The number of aryl methyl sites for hydroxylation is 1. The lowest BCUT2D eigenvalue weighted by molar-refractivity contribution is 0.475. The molecule has 0 atom stereocenters. The molecule has 2 rings (SSSR count). The van der Waals surface area contributed by atoms with Crippen LogP contribution < -0.4 is 10.6 Å². The lowest BCUT2D eigenvalue weighted by Gasteiger charge is -2.25. The molecule has 1 heterocycles. The second-order valence-corrected chi connectivity index (χ2v) is 7.43. The molecule has 1 aromatic heterocycles. The molecule has 3 N–H and O–H groups in total. The molecule has 0 aliphatic rings. The average molecular weight is 346 g/mol. The van der Waals surface area contributed by atoms with Crippen LogP contribution in [0.15, 0.2) is 46.8 Å². The van der Waals surface area contributed by atoms with Gasteiger partial charge in [0.05, 0.1) is 0 Å². The summed E-state index contributed by atoms with van der Waals surface area (Å²) in [6.07, 6.45) is 1.99. The van der Waals surface area contributed by atoms with Gasteiger partial charge in [0.15, 0.2) is 5.96 Å². The summed E-state index contributed by atoms with van der Waals surface area (Å²) in [5, 5.41) is 18.2. The Morgan fingerprint density at radius 1 is 1.17 bits per heavy atom. The van der Waals surface area contributed by atoms with E-state index in [1.807, 2.05) is 12.1 Å². The van der Waals surface area contributed by atoms with Crippen molar-refractivity contribution in [2.75, 3.05) is 20.1 Å². The van der Waals surface area contributed by atoms with Crippen molar-refractivity contribution >= 4 is 17.3 Å². The van der Waals surface area contributed by atoms with E-state index in [1.165, 1.54) is 10.4 Å². The number of aromatic hydroxyl groups is 1. The van der Waals surface area contributed by atoms with Crippen LogP contribution >= 0.6 is 11.3 Å². The van der Waals surface area contributed by atoms with Gasteiger partial charge in [0, 0.05) is 30.4 Å². The summed E-state index contributed by atoms with van der Waals surface area (Å²) in [6, 6.07) is 11.7. The molecule has 0 fully saturated rings. The van der Waals surface area contributed by atoms with Crippen molar-refractivity contribution in [2.45, 2.75) is 32.1 Å². The molecular weight excluding hydrogens is 318 g/mol. The number of nitrogens with zero attached hydrogens (tertiary/aromatic N) is 1. The van der Waals surface area contributed by atoms with Crippen molar-refractivity contribution in [1.82, 2.24) is 10.6 Å². The van der Waals surface area contributed by atoms with E-state index in [2.05, 4.69) is 47.0 Å². The summed E-state index contributed by atoms with van der Waals surface area (Å²) in [4.78, 5) is 5.67. The lowest BCUT2D eigenvalue weighted by Crippen LogP contribution is -2.43. The minimum Gasteiger partial charge on any atom is -0.508 e. The fourth-order valence-electron chi connectivity index (χ4n) is 2.44. The first-order valence-corrected chi connectivity index (χ1v) is 9.15. The Labute approximate surface area is 148 Å². The third kappa shape index (κ3) is 5.57. The smallest absolute Gasteiger partial charge is 0.191 e. The van der Waals surface area contributed by atoms with Crippen LogP contribution in [0.3, 0.4) is 0 Å². The fraction of sp³-hybridized carbons (Fsp3) is 0.421. The number of aliphatic imine (C=N–C) groups is 1. The molecule has 0 unspecified atom stereocenters. The van der Waals surface area contributed by atoms with Gasteiger partial charge in [-0.2, -0.15) is 0 Å². The summed E-state index contributed by atoms with van der Waals surface area (Å²) >= 11 is 1.79. The Morgan fingerprint density at radius 3 is 2.54 bits per heavy atom. The Balaban J connectivity index is 1.71. The first-order valence-electron chi connectivity index (χ1n) is 8.28. The lowest BCUT2D eigenvalue weighted by atomic mass is 9.91. The third-order valence-electron chi connectivity index (χ3n) is 3.98. The van der Waals surface area contributed by atoms with Gasteiger partial charge in [0.25, 0.3) is 0 Å². The highest BCUT2D eigenvalue weighted by Crippen LogP contribution is 2.26. The second-order valence-electron chi connectivity index (χ2n) is 6.48. The molecule has 0 saturated carbocycles.